The number of nitrogens with zero attached hydrogens (tertiary/aromatic N) is 2. The first-order valence-corrected chi connectivity index (χ1v) is 6.03. The molecule has 2 aromatic rings. The standard InChI is InChI=1S/C9H9Cl2N3OS/c1-9(2,12)8-13-7(15-14-8)4-3-5(10)16-6(4)11/h3H,12H2,1-2H3. The van der Waals surface area contributed by atoms with Crippen LogP contribution >= 0.6 is 34.5 Å². The van der Waals surface area contributed by atoms with Gasteiger partial charge in [0.25, 0.3) is 5.89 Å². The molecule has 7 heteroatoms. The molecule has 2 rings (SSSR count). The molecule has 0 saturated heterocycles. The smallest absolute Gasteiger partial charge is 0.260 e. The molecule has 0 fully saturated rings. The number of aromatic nitrogens is 2. The third-order valence-electron chi connectivity index (χ3n) is 1.89. The Balaban J connectivity index is 2.43. The van der Waals surface area contributed by atoms with Crippen LogP contribution in [0.2, 0.25) is 8.67 Å². The van der Waals surface area contributed by atoms with Gasteiger partial charge < -0.3 is 10.3 Å². The van der Waals surface area contributed by atoms with E-state index in [1.165, 1.54) is 11.3 Å². The monoisotopic (exact) mass is 277 g/mol. The third kappa shape index (κ3) is 2.22. The van der Waals surface area contributed by atoms with Crippen molar-refractivity contribution >= 4 is 34.5 Å². The molecule has 0 unspecified atom stereocenters. The molecule has 0 bridgehead atoms. The lowest BCUT2D eigenvalue weighted by Crippen LogP contribution is -2.30. The van der Waals surface area contributed by atoms with Crippen LogP contribution < -0.4 is 5.73 Å². The van der Waals surface area contributed by atoms with Crippen LogP contribution in [0.4, 0.5) is 0 Å². The van der Waals surface area contributed by atoms with Gasteiger partial charge in [-0.2, -0.15) is 4.98 Å². The molecule has 0 aliphatic carbocycles. The molecule has 0 amide bonds. The minimum absolute atomic E-state index is 0.335. The predicted octanol–water partition coefficient (Wildman–Crippen LogP) is 3.30. The lowest BCUT2D eigenvalue weighted by molar-refractivity contribution is 0.397. The Morgan fingerprint density at radius 2 is 2.12 bits per heavy atom. The first-order valence-electron chi connectivity index (χ1n) is 4.46. The van der Waals surface area contributed by atoms with E-state index in [-0.39, 0.29) is 0 Å². The molecule has 0 spiro atoms. The van der Waals surface area contributed by atoms with Crippen LogP contribution in [-0.4, -0.2) is 10.1 Å². The van der Waals surface area contributed by atoms with Crippen LogP contribution in [0.1, 0.15) is 19.7 Å². The number of hydrogen-bond donors (Lipinski definition) is 1. The maximum absolute atomic E-state index is 5.98. The average molecular weight is 278 g/mol. The second-order valence-corrected chi connectivity index (χ2v) is 6.17. The van der Waals surface area contributed by atoms with Gasteiger partial charge in [0.1, 0.15) is 4.34 Å². The van der Waals surface area contributed by atoms with Crippen LogP contribution in [0.15, 0.2) is 10.6 Å². The summed E-state index contributed by atoms with van der Waals surface area (Å²) in [7, 11) is 0. The second-order valence-electron chi connectivity index (χ2n) is 3.88. The van der Waals surface area contributed by atoms with Crippen molar-refractivity contribution in [3.8, 4) is 11.5 Å². The number of thiophene rings is 1. The molecule has 0 radical (unpaired) electrons. The first kappa shape index (κ1) is 11.9. The fourth-order valence-corrected chi connectivity index (χ4v) is 2.53. The summed E-state index contributed by atoms with van der Waals surface area (Å²) in [6, 6.07) is 1.69. The fraction of sp³-hybridized carbons (Fsp3) is 0.333. The van der Waals surface area contributed by atoms with E-state index in [2.05, 4.69) is 10.1 Å². The molecular weight excluding hydrogens is 269 g/mol. The van der Waals surface area contributed by atoms with Gasteiger partial charge in [-0.3, -0.25) is 0 Å². The summed E-state index contributed by atoms with van der Waals surface area (Å²) in [5.74, 6) is 0.766. The van der Waals surface area contributed by atoms with Gasteiger partial charge in [-0.15, -0.1) is 11.3 Å². The maximum atomic E-state index is 5.98. The summed E-state index contributed by atoms with van der Waals surface area (Å²) in [5, 5.41) is 3.81. The van der Waals surface area contributed by atoms with Crippen molar-refractivity contribution in [1.29, 1.82) is 0 Å². The zero-order chi connectivity index (χ0) is 11.9. The summed E-state index contributed by atoms with van der Waals surface area (Å²) >= 11 is 13.1. The van der Waals surface area contributed by atoms with Crippen molar-refractivity contribution in [2.24, 2.45) is 5.73 Å². The van der Waals surface area contributed by atoms with Crippen LogP contribution in [0.3, 0.4) is 0 Å². The molecule has 0 saturated carbocycles. The zero-order valence-corrected chi connectivity index (χ0v) is 10.9. The molecule has 0 aromatic carbocycles. The molecule has 2 heterocycles. The van der Waals surface area contributed by atoms with E-state index in [1.54, 1.807) is 19.9 Å². The van der Waals surface area contributed by atoms with E-state index >= 15 is 0 Å². The normalized spacial score (nSPS) is 12.1. The van der Waals surface area contributed by atoms with Crippen molar-refractivity contribution in [3.05, 3.63) is 20.6 Å². The van der Waals surface area contributed by atoms with Crippen LogP contribution in [0.25, 0.3) is 11.5 Å². The summed E-state index contributed by atoms with van der Waals surface area (Å²) in [5.41, 5.74) is 5.84. The molecular formula is C9H9Cl2N3OS. The third-order valence-corrected chi connectivity index (χ3v) is 3.38. The number of rotatable bonds is 2. The Labute approximate surface area is 106 Å². The topological polar surface area (TPSA) is 64.9 Å². The summed E-state index contributed by atoms with van der Waals surface area (Å²) in [6.07, 6.45) is 0. The second kappa shape index (κ2) is 4.00. The van der Waals surface area contributed by atoms with Crippen molar-refractivity contribution in [2.45, 2.75) is 19.4 Å². The molecule has 16 heavy (non-hydrogen) atoms. The highest BCUT2D eigenvalue weighted by Crippen LogP contribution is 2.37. The Morgan fingerprint density at radius 3 is 2.56 bits per heavy atom. The lowest BCUT2D eigenvalue weighted by Gasteiger charge is -2.11. The highest BCUT2D eigenvalue weighted by atomic mass is 35.5. The molecule has 0 aliphatic heterocycles. The van der Waals surface area contributed by atoms with Crippen LogP contribution in [0.5, 0.6) is 0 Å². The van der Waals surface area contributed by atoms with Gasteiger partial charge in [0, 0.05) is 0 Å². The van der Waals surface area contributed by atoms with E-state index < -0.39 is 5.54 Å². The predicted molar refractivity (Wildman–Crippen MR) is 64.8 cm³/mol. The van der Waals surface area contributed by atoms with Gasteiger partial charge in [0.05, 0.1) is 15.4 Å². The molecule has 0 atom stereocenters. The van der Waals surface area contributed by atoms with E-state index in [9.17, 15) is 0 Å². The number of halogens is 2. The highest BCUT2D eigenvalue weighted by Gasteiger charge is 2.23. The van der Waals surface area contributed by atoms with Gasteiger partial charge in [0.15, 0.2) is 5.82 Å². The van der Waals surface area contributed by atoms with Gasteiger partial charge in [-0.25, -0.2) is 0 Å². The highest BCUT2D eigenvalue weighted by molar-refractivity contribution is 7.20. The molecule has 2 N–H and O–H groups in total. The van der Waals surface area contributed by atoms with Gasteiger partial charge in [0.2, 0.25) is 0 Å². The van der Waals surface area contributed by atoms with Crippen molar-refractivity contribution in [3.63, 3.8) is 0 Å². The molecule has 86 valence electrons. The van der Waals surface area contributed by atoms with Gasteiger partial charge in [-0.05, 0) is 19.9 Å². The largest absolute Gasteiger partial charge is 0.334 e. The molecule has 2 aromatic heterocycles. The van der Waals surface area contributed by atoms with Crippen molar-refractivity contribution in [2.75, 3.05) is 0 Å². The van der Waals surface area contributed by atoms with Gasteiger partial charge >= 0.3 is 0 Å². The Kier molecular flexibility index (Phi) is 2.96. The first-order chi connectivity index (χ1) is 7.38. The van der Waals surface area contributed by atoms with E-state index in [0.29, 0.717) is 26.0 Å². The van der Waals surface area contributed by atoms with Crippen molar-refractivity contribution in [1.82, 2.24) is 10.1 Å². The number of nitrogens with two attached hydrogens (primary N) is 1. The van der Waals surface area contributed by atoms with Crippen LogP contribution in [-0.2, 0) is 5.54 Å². The summed E-state index contributed by atoms with van der Waals surface area (Å²) < 4.78 is 6.19. The minimum atomic E-state index is -0.645. The zero-order valence-electron chi connectivity index (χ0n) is 8.62. The quantitative estimate of drug-likeness (QED) is 0.915. The number of hydrogen-bond acceptors (Lipinski definition) is 5. The minimum Gasteiger partial charge on any atom is -0.334 e. The average Bonchev–Trinajstić information content (AvgIpc) is 2.70. The summed E-state index contributed by atoms with van der Waals surface area (Å²) in [6.45, 7) is 3.59. The Hall–Kier alpha value is -0.620. The maximum Gasteiger partial charge on any atom is 0.260 e. The summed E-state index contributed by atoms with van der Waals surface area (Å²) in [4.78, 5) is 4.19. The van der Waals surface area contributed by atoms with Gasteiger partial charge in [-0.1, -0.05) is 28.4 Å². The Morgan fingerprint density at radius 1 is 1.44 bits per heavy atom. The molecule has 0 aliphatic rings. The van der Waals surface area contributed by atoms with E-state index in [1.807, 2.05) is 0 Å². The van der Waals surface area contributed by atoms with Crippen LogP contribution in [0, 0.1) is 0 Å². The lowest BCUT2D eigenvalue weighted by atomic mass is 10.1. The molecule has 4 nitrogen and oxygen atoms in total. The fourth-order valence-electron chi connectivity index (χ4n) is 1.08. The van der Waals surface area contributed by atoms with E-state index in [0.717, 1.165) is 0 Å². The Bertz CT molecular complexity index is 515. The van der Waals surface area contributed by atoms with Crippen molar-refractivity contribution < 1.29 is 4.52 Å². The van der Waals surface area contributed by atoms with E-state index in [4.69, 9.17) is 33.5 Å². The SMILES string of the molecule is CC(C)(N)c1noc(-c2cc(Cl)sc2Cl)n1.